The van der Waals surface area contributed by atoms with Crippen molar-refractivity contribution in [3.63, 3.8) is 0 Å². The minimum absolute atomic E-state index is 0.228. The zero-order valence-corrected chi connectivity index (χ0v) is 10.6. The summed E-state index contributed by atoms with van der Waals surface area (Å²) in [5.74, 6) is 2.14. The van der Waals surface area contributed by atoms with E-state index in [1.807, 2.05) is 31.4 Å². The SMILES string of the molecule is Cn1ccc(NCc2cc(Cl)c3c(c2)OCO3)n1. The van der Waals surface area contributed by atoms with Crippen molar-refractivity contribution in [3.8, 4) is 11.5 Å². The molecule has 1 aliphatic rings. The fourth-order valence-corrected chi connectivity index (χ4v) is 2.11. The largest absolute Gasteiger partial charge is 0.454 e. The second-order valence-electron chi connectivity index (χ2n) is 4.04. The van der Waals surface area contributed by atoms with Crippen molar-refractivity contribution in [3.05, 3.63) is 35.0 Å². The molecule has 0 unspecified atom stereocenters. The van der Waals surface area contributed by atoms with Crippen molar-refractivity contribution in [1.29, 1.82) is 0 Å². The van der Waals surface area contributed by atoms with Crippen LogP contribution in [0, 0.1) is 0 Å². The molecule has 1 N–H and O–H groups in total. The minimum atomic E-state index is 0.228. The van der Waals surface area contributed by atoms with Crippen LogP contribution in [0.4, 0.5) is 5.82 Å². The molecule has 0 saturated heterocycles. The Hall–Kier alpha value is -1.88. The molecule has 0 amide bonds. The number of nitrogens with zero attached hydrogens (tertiary/aromatic N) is 2. The topological polar surface area (TPSA) is 48.3 Å². The number of anilines is 1. The average molecular weight is 266 g/mol. The van der Waals surface area contributed by atoms with Crippen molar-refractivity contribution < 1.29 is 9.47 Å². The molecule has 0 spiro atoms. The second-order valence-corrected chi connectivity index (χ2v) is 4.45. The van der Waals surface area contributed by atoms with Gasteiger partial charge in [0.2, 0.25) is 6.79 Å². The van der Waals surface area contributed by atoms with Gasteiger partial charge in [-0.05, 0) is 17.7 Å². The molecule has 0 saturated carbocycles. The van der Waals surface area contributed by atoms with E-state index in [9.17, 15) is 0 Å². The minimum Gasteiger partial charge on any atom is -0.454 e. The van der Waals surface area contributed by atoms with E-state index in [0.29, 0.717) is 23.1 Å². The Balaban J connectivity index is 1.75. The maximum Gasteiger partial charge on any atom is 0.231 e. The van der Waals surface area contributed by atoms with Crippen LogP contribution in [-0.2, 0) is 13.6 Å². The molecule has 2 heterocycles. The van der Waals surface area contributed by atoms with Gasteiger partial charge in [0.15, 0.2) is 11.5 Å². The lowest BCUT2D eigenvalue weighted by atomic mass is 10.2. The van der Waals surface area contributed by atoms with Gasteiger partial charge >= 0.3 is 0 Å². The standard InChI is InChI=1S/C12H12ClN3O2/c1-16-3-2-11(15-16)14-6-8-4-9(13)12-10(5-8)17-7-18-12/h2-5H,6-7H2,1H3,(H,14,15). The van der Waals surface area contributed by atoms with E-state index < -0.39 is 0 Å². The van der Waals surface area contributed by atoms with Crippen LogP contribution in [0.5, 0.6) is 11.5 Å². The van der Waals surface area contributed by atoms with Gasteiger partial charge in [-0.1, -0.05) is 11.6 Å². The lowest BCUT2D eigenvalue weighted by Gasteiger charge is -2.06. The first-order chi connectivity index (χ1) is 8.72. The van der Waals surface area contributed by atoms with E-state index >= 15 is 0 Å². The maximum absolute atomic E-state index is 6.11. The molecule has 0 bridgehead atoms. The van der Waals surface area contributed by atoms with Gasteiger partial charge in [0, 0.05) is 25.9 Å². The normalized spacial score (nSPS) is 12.8. The first-order valence-corrected chi connectivity index (χ1v) is 5.92. The lowest BCUT2D eigenvalue weighted by molar-refractivity contribution is 0.174. The van der Waals surface area contributed by atoms with E-state index in [1.54, 1.807) is 4.68 Å². The van der Waals surface area contributed by atoms with E-state index in [2.05, 4.69) is 10.4 Å². The number of hydrogen-bond acceptors (Lipinski definition) is 4. The number of nitrogens with one attached hydrogen (secondary N) is 1. The summed E-state index contributed by atoms with van der Waals surface area (Å²) in [5, 5.41) is 8.02. The fraction of sp³-hybridized carbons (Fsp3) is 0.250. The van der Waals surface area contributed by atoms with Crippen LogP contribution in [0.3, 0.4) is 0 Å². The highest BCUT2D eigenvalue weighted by atomic mass is 35.5. The third kappa shape index (κ3) is 2.09. The highest BCUT2D eigenvalue weighted by Gasteiger charge is 2.18. The number of fused-ring (bicyclic) bond motifs is 1. The number of ether oxygens (including phenoxy) is 2. The van der Waals surface area contributed by atoms with Gasteiger partial charge in [-0.25, -0.2) is 0 Å². The third-order valence-electron chi connectivity index (χ3n) is 2.67. The van der Waals surface area contributed by atoms with Gasteiger partial charge in [-0.3, -0.25) is 4.68 Å². The summed E-state index contributed by atoms with van der Waals surface area (Å²) in [6.45, 7) is 0.861. The Kier molecular flexibility index (Phi) is 2.76. The Morgan fingerprint density at radius 3 is 3.11 bits per heavy atom. The van der Waals surface area contributed by atoms with Gasteiger partial charge in [-0.15, -0.1) is 0 Å². The molecule has 2 aromatic rings. The van der Waals surface area contributed by atoms with Crippen LogP contribution in [0.15, 0.2) is 24.4 Å². The van der Waals surface area contributed by atoms with Gasteiger partial charge in [0.05, 0.1) is 5.02 Å². The number of halogens is 1. The summed E-state index contributed by atoms with van der Waals surface area (Å²) in [6.07, 6.45) is 1.88. The maximum atomic E-state index is 6.11. The first kappa shape index (κ1) is 11.2. The Labute approximate surface area is 109 Å². The second kappa shape index (κ2) is 4.42. The zero-order chi connectivity index (χ0) is 12.5. The summed E-state index contributed by atoms with van der Waals surface area (Å²) >= 11 is 6.11. The van der Waals surface area contributed by atoms with Crippen molar-refractivity contribution in [2.75, 3.05) is 12.1 Å². The Morgan fingerprint density at radius 2 is 2.33 bits per heavy atom. The van der Waals surface area contributed by atoms with Crippen LogP contribution < -0.4 is 14.8 Å². The van der Waals surface area contributed by atoms with Crippen molar-refractivity contribution >= 4 is 17.4 Å². The van der Waals surface area contributed by atoms with Crippen molar-refractivity contribution in [2.45, 2.75) is 6.54 Å². The smallest absolute Gasteiger partial charge is 0.231 e. The van der Waals surface area contributed by atoms with Crippen molar-refractivity contribution in [1.82, 2.24) is 9.78 Å². The van der Waals surface area contributed by atoms with E-state index in [-0.39, 0.29) is 6.79 Å². The average Bonchev–Trinajstić information content (AvgIpc) is 2.95. The molecule has 6 heteroatoms. The molecule has 0 aliphatic carbocycles. The summed E-state index contributed by atoms with van der Waals surface area (Å²) in [6, 6.07) is 5.70. The number of benzene rings is 1. The van der Waals surface area contributed by atoms with Gasteiger partial charge in [-0.2, -0.15) is 5.10 Å². The molecule has 3 rings (SSSR count). The number of hydrogen-bond donors (Lipinski definition) is 1. The van der Waals surface area contributed by atoms with E-state index in [0.717, 1.165) is 11.4 Å². The van der Waals surface area contributed by atoms with Gasteiger partial charge in [0.1, 0.15) is 5.82 Å². The van der Waals surface area contributed by atoms with E-state index in [4.69, 9.17) is 21.1 Å². The molecule has 1 aliphatic heterocycles. The summed E-state index contributed by atoms with van der Waals surface area (Å²) < 4.78 is 12.3. The quantitative estimate of drug-likeness (QED) is 0.926. The van der Waals surface area contributed by atoms with Gasteiger partial charge in [0.25, 0.3) is 0 Å². The number of aryl methyl sites for hydroxylation is 1. The molecular formula is C12H12ClN3O2. The highest BCUT2D eigenvalue weighted by Crippen LogP contribution is 2.39. The molecule has 94 valence electrons. The molecule has 0 atom stereocenters. The van der Waals surface area contributed by atoms with Crippen LogP contribution in [0.1, 0.15) is 5.56 Å². The molecule has 5 nitrogen and oxygen atoms in total. The fourth-order valence-electron chi connectivity index (χ4n) is 1.82. The lowest BCUT2D eigenvalue weighted by Crippen LogP contribution is -2.01. The van der Waals surface area contributed by atoms with Crippen molar-refractivity contribution in [2.24, 2.45) is 7.05 Å². The van der Waals surface area contributed by atoms with Crippen LogP contribution in [0.2, 0.25) is 5.02 Å². The number of aromatic nitrogens is 2. The molecular weight excluding hydrogens is 254 g/mol. The highest BCUT2D eigenvalue weighted by molar-refractivity contribution is 6.32. The molecule has 0 fully saturated rings. The monoisotopic (exact) mass is 265 g/mol. The third-order valence-corrected chi connectivity index (χ3v) is 2.96. The summed E-state index contributed by atoms with van der Waals surface area (Å²) in [7, 11) is 1.88. The predicted molar refractivity (Wildman–Crippen MR) is 68.1 cm³/mol. The first-order valence-electron chi connectivity index (χ1n) is 5.54. The predicted octanol–water partition coefficient (Wildman–Crippen LogP) is 2.41. The van der Waals surface area contributed by atoms with Crippen LogP contribution in [0.25, 0.3) is 0 Å². The molecule has 0 radical (unpaired) electrons. The Morgan fingerprint density at radius 1 is 1.44 bits per heavy atom. The number of rotatable bonds is 3. The van der Waals surface area contributed by atoms with Crippen LogP contribution >= 0.6 is 11.6 Å². The molecule has 18 heavy (non-hydrogen) atoms. The summed E-state index contributed by atoms with van der Waals surface area (Å²) in [4.78, 5) is 0. The summed E-state index contributed by atoms with van der Waals surface area (Å²) in [5.41, 5.74) is 1.02. The molecule has 1 aromatic heterocycles. The van der Waals surface area contributed by atoms with Gasteiger partial charge < -0.3 is 14.8 Å². The van der Waals surface area contributed by atoms with E-state index in [1.165, 1.54) is 0 Å². The Bertz CT molecular complexity index is 583. The van der Waals surface area contributed by atoms with Crippen LogP contribution in [-0.4, -0.2) is 16.6 Å². The zero-order valence-electron chi connectivity index (χ0n) is 9.81. The molecule has 1 aromatic carbocycles.